The van der Waals surface area contributed by atoms with Crippen LogP contribution in [-0.2, 0) is 6.54 Å². The number of aliphatic hydroxyl groups excluding tert-OH is 1. The van der Waals surface area contributed by atoms with Gasteiger partial charge in [0.15, 0.2) is 11.6 Å². The maximum atomic E-state index is 14.7. The van der Waals surface area contributed by atoms with Crippen LogP contribution in [0.15, 0.2) is 60.6 Å². The van der Waals surface area contributed by atoms with E-state index < -0.39 is 0 Å². The first kappa shape index (κ1) is 20.3. The Labute approximate surface area is 176 Å². The Morgan fingerprint density at radius 3 is 2.87 bits per heavy atom. The van der Waals surface area contributed by atoms with E-state index in [1.807, 2.05) is 54.2 Å². The Bertz CT molecular complexity index is 1060. The molecule has 3 aromatic rings. The van der Waals surface area contributed by atoms with Gasteiger partial charge in [0.2, 0.25) is 0 Å². The molecule has 2 unspecified atom stereocenters. The topological polar surface area (TPSA) is 58.5 Å². The van der Waals surface area contributed by atoms with Gasteiger partial charge in [0.25, 0.3) is 0 Å². The van der Waals surface area contributed by atoms with E-state index in [1.54, 1.807) is 6.07 Å². The molecule has 0 fully saturated rings. The second-order valence-corrected chi connectivity index (χ2v) is 7.76. The fourth-order valence-corrected chi connectivity index (χ4v) is 3.87. The molecule has 5 nitrogen and oxygen atoms in total. The third kappa shape index (κ3) is 4.28. The molecule has 0 amide bonds. The number of fused-ring (bicyclic) bond motifs is 1. The smallest absolute Gasteiger partial charge is 0.166 e. The molecule has 2 aromatic carbocycles. The van der Waals surface area contributed by atoms with Gasteiger partial charge in [-0.05, 0) is 55.3 Å². The SMILES string of the molecule is CCC1CC(NC(C)c2ccc(Oc3ccc4c(ccn4CCO)c3)c(F)c2)=CN1. The molecule has 2 atom stereocenters. The summed E-state index contributed by atoms with van der Waals surface area (Å²) >= 11 is 0. The van der Waals surface area contributed by atoms with Crippen molar-refractivity contribution in [3.8, 4) is 11.5 Å². The summed E-state index contributed by atoms with van der Waals surface area (Å²) in [4.78, 5) is 0. The molecule has 2 heterocycles. The minimum absolute atomic E-state index is 0.000143. The molecule has 1 aromatic heterocycles. The first-order valence-corrected chi connectivity index (χ1v) is 10.5. The minimum atomic E-state index is -0.385. The van der Waals surface area contributed by atoms with E-state index in [2.05, 4.69) is 17.6 Å². The number of halogens is 1. The van der Waals surface area contributed by atoms with Crippen LogP contribution in [0.1, 0.15) is 38.3 Å². The monoisotopic (exact) mass is 409 g/mol. The Morgan fingerprint density at radius 1 is 1.27 bits per heavy atom. The van der Waals surface area contributed by atoms with Gasteiger partial charge in [-0.2, -0.15) is 0 Å². The maximum Gasteiger partial charge on any atom is 0.166 e. The largest absolute Gasteiger partial charge is 0.454 e. The van der Waals surface area contributed by atoms with Gasteiger partial charge >= 0.3 is 0 Å². The van der Waals surface area contributed by atoms with Crippen molar-refractivity contribution in [2.24, 2.45) is 0 Å². The van der Waals surface area contributed by atoms with Crippen LogP contribution in [0.25, 0.3) is 10.9 Å². The van der Waals surface area contributed by atoms with Crippen molar-refractivity contribution in [2.45, 2.75) is 45.3 Å². The molecule has 158 valence electrons. The van der Waals surface area contributed by atoms with Gasteiger partial charge in [0.1, 0.15) is 5.75 Å². The lowest BCUT2D eigenvalue weighted by Crippen LogP contribution is -2.20. The van der Waals surface area contributed by atoms with Gasteiger partial charge in [0, 0.05) is 54.0 Å². The first-order chi connectivity index (χ1) is 14.6. The van der Waals surface area contributed by atoms with Gasteiger partial charge in [0.05, 0.1) is 6.61 Å². The average Bonchev–Trinajstić information content (AvgIpc) is 3.36. The highest BCUT2D eigenvalue weighted by molar-refractivity contribution is 5.81. The van der Waals surface area contributed by atoms with Crippen LogP contribution in [0.2, 0.25) is 0 Å². The molecular formula is C24H28FN3O2. The zero-order valence-electron chi connectivity index (χ0n) is 17.4. The molecular weight excluding hydrogens is 381 g/mol. The Balaban J connectivity index is 1.45. The summed E-state index contributed by atoms with van der Waals surface area (Å²) in [5.41, 5.74) is 3.03. The molecule has 1 aliphatic heterocycles. The van der Waals surface area contributed by atoms with Crippen LogP contribution in [0, 0.1) is 5.82 Å². The first-order valence-electron chi connectivity index (χ1n) is 10.5. The summed E-state index contributed by atoms with van der Waals surface area (Å²) in [6, 6.07) is 13.2. The van der Waals surface area contributed by atoms with Crippen molar-refractivity contribution in [3.63, 3.8) is 0 Å². The Morgan fingerprint density at radius 2 is 2.13 bits per heavy atom. The quantitative estimate of drug-likeness (QED) is 0.499. The van der Waals surface area contributed by atoms with Gasteiger partial charge in [-0.25, -0.2) is 4.39 Å². The highest BCUT2D eigenvalue weighted by Crippen LogP contribution is 2.30. The van der Waals surface area contributed by atoms with Crippen LogP contribution in [0.5, 0.6) is 11.5 Å². The molecule has 0 saturated carbocycles. The summed E-state index contributed by atoms with van der Waals surface area (Å²) in [7, 11) is 0. The molecule has 4 rings (SSSR count). The van der Waals surface area contributed by atoms with E-state index in [-0.39, 0.29) is 24.2 Å². The van der Waals surface area contributed by atoms with Crippen molar-refractivity contribution < 1.29 is 14.2 Å². The molecule has 30 heavy (non-hydrogen) atoms. The van der Waals surface area contributed by atoms with Gasteiger partial charge < -0.3 is 25.0 Å². The molecule has 0 saturated heterocycles. The number of hydrogen-bond acceptors (Lipinski definition) is 4. The van der Waals surface area contributed by atoms with E-state index in [0.29, 0.717) is 18.3 Å². The van der Waals surface area contributed by atoms with Crippen molar-refractivity contribution >= 4 is 10.9 Å². The van der Waals surface area contributed by atoms with Crippen molar-refractivity contribution in [1.29, 1.82) is 0 Å². The van der Waals surface area contributed by atoms with E-state index >= 15 is 0 Å². The summed E-state index contributed by atoms with van der Waals surface area (Å²) < 4.78 is 22.5. The number of rotatable bonds is 8. The number of ether oxygens (including phenoxy) is 1. The van der Waals surface area contributed by atoms with Crippen LogP contribution >= 0.6 is 0 Å². The number of benzene rings is 2. The van der Waals surface area contributed by atoms with Gasteiger partial charge in [-0.3, -0.25) is 0 Å². The van der Waals surface area contributed by atoms with E-state index in [1.165, 1.54) is 6.07 Å². The summed E-state index contributed by atoms with van der Waals surface area (Å²) in [6.45, 7) is 4.81. The number of aliphatic hydroxyl groups is 1. The zero-order chi connectivity index (χ0) is 21.1. The number of hydrogen-bond donors (Lipinski definition) is 3. The average molecular weight is 410 g/mol. The van der Waals surface area contributed by atoms with E-state index in [0.717, 1.165) is 35.0 Å². The van der Waals surface area contributed by atoms with Crippen molar-refractivity contribution in [2.75, 3.05) is 6.61 Å². The number of nitrogens with one attached hydrogen (secondary N) is 2. The number of aromatic nitrogens is 1. The molecule has 0 spiro atoms. The Hall–Kier alpha value is -2.99. The fourth-order valence-electron chi connectivity index (χ4n) is 3.87. The Kier molecular flexibility index (Phi) is 5.95. The molecule has 0 aliphatic carbocycles. The van der Waals surface area contributed by atoms with E-state index in [9.17, 15) is 4.39 Å². The standard InChI is InChI=1S/C24H28FN3O2/c1-3-19-14-20(15-26-19)27-16(2)17-4-7-24(22(25)13-17)30-21-5-6-23-18(12-21)8-9-28(23)10-11-29/h4-9,12-13,15-16,19,26-27,29H,3,10-11,14H2,1-2H3. The lowest BCUT2D eigenvalue weighted by molar-refractivity contribution is 0.278. The molecule has 3 N–H and O–H groups in total. The zero-order valence-corrected chi connectivity index (χ0v) is 17.4. The molecule has 0 radical (unpaired) electrons. The highest BCUT2D eigenvalue weighted by Gasteiger charge is 2.17. The second-order valence-electron chi connectivity index (χ2n) is 7.76. The highest BCUT2D eigenvalue weighted by atomic mass is 19.1. The van der Waals surface area contributed by atoms with Crippen LogP contribution in [-0.4, -0.2) is 22.3 Å². The van der Waals surface area contributed by atoms with E-state index in [4.69, 9.17) is 9.84 Å². The van der Waals surface area contributed by atoms with Gasteiger partial charge in [-0.1, -0.05) is 13.0 Å². The molecule has 0 bridgehead atoms. The third-order valence-corrected chi connectivity index (χ3v) is 5.62. The van der Waals surface area contributed by atoms with Crippen LogP contribution < -0.4 is 15.4 Å². The van der Waals surface area contributed by atoms with Crippen molar-refractivity contribution in [3.05, 3.63) is 71.9 Å². The lowest BCUT2D eigenvalue weighted by atomic mass is 10.1. The lowest BCUT2D eigenvalue weighted by Gasteiger charge is -2.18. The van der Waals surface area contributed by atoms with Crippen LogP contribution in [0.3, 0.4) is 0 Å². The predicted octanol–water partition coefficient (Wildman–Crippen LogP) is 4.83. The van der Waals surface area contributed by atoms with Crippen LogP contribution in [0.4, 0.5) is 4.39 Å². The second kappa shape index (κ2) is 8.79. The van der Waals surface area contributed by atoms with Crippen molar-refractivity contribution in [1.82, 2.24) is 15.2 Å². The summed E-state index contributed by atoms with van der Waals surface area (Å²) in [6.07, 6.45) is 5.98. The normalized spacial score (nSPS) is 16.9. The predicted molar refractivity (Wildman–Crippen MR) is 117 cm³/mol. The fraction of sp³-hybridized carbons (Fsp3) is 0.333. The maximum absolute atomic E-state index is 14.7. The minimum Gasteiger partial charge on any atom is -0.454 e. The summed E-state index contributed by atoms with van der Waals surface area (Å²) in [5, 5.41) is 16.9. The third-order valence-electron chi connectivity index (χ3n) is 5.62. The number of nitrogens with zero attached hydrogens (tertiary/aromatic N) is 1. The molecule has 1 aliphatic rings. The summed E-state index contributed by atoms with van der Waals surface area (Å²) in [5.74, 6) is 0.395. The van der Waals surface area contributed by atoms with Gasteiger partial charge in [-0.15, -0.1) is 0 Å². The molecule has 6 heteroatoms.